The van der Waals surface area contributed by atoms with Crippen LogP contribution < -0.4 is 4.90 Å². The van der Waals surface area contributed by atoms with E-state index in [0.29, 0.717) is 0 Å². The first kappa shape index (κ1) is 15.0. The van der Waals surface area contributed by atoms with Crippen LogP contribution in [0.15, 0.2) is 28.7 Å². The van der Waals surface area contributed by atoms with E-state index >= 15 is 0 Å². The van der Waals surface area contributed by atoms with E-state index in [2.05, 4.69) is 33.0 Å². The second-order valence-corrected chi connectivity index (χ2v) is 5.18. The van der Waals surface area contributed by atoms with Gasteiger partial charge in [-0.2, -0.15) is 0 Å². The molecule has 0 unspecified atom stereocenters. The van der Waals surface area contributed by atoms with E-state index in [1.807, 2.05) is 12.1 Å². The molecule has 0 aromatic heterocycles. The number of piperidine rings is 1. The molecule has 1 aromatic carbocycles. The highest BCUT2D eigenvalue weighted by molar-refractivity contribution is 9.10. The summed E-state index contributed by atoms with van der Waals surface area (Å²) in [5.41, 5.74) is 1.21. The highest BCUT2D eigenvalue weighted by Gasteiger charge is 2.25. The van der Waals surface area contributed by atoms with Gasteiger partial charge >= 0.3 is 5.97 Å². The molecule has 18 heavy (non-hydrogen) atoms. The van der Waals surface area contributed by atoms with E-state index in [1.54, 1.807) is 0 Å². The van der Waals surface area contributed by atoms with Crippen LogP contribution in [0.4, 0.5) is 5.69 Å². The molecule has 1 aliphatic rings. The molecule has 1 fully saturated rings. The molecule has 3 nitrogen and oxygen atoms in total. The summed E-state index contributed by atoms with van der Waals surface area (Å²) in [4.78, 5) is 13.7. The lowest BCUT2D eigenvalue weighted by molar-refractivity contribution is -0.146. The SMILES string of the molecule is C.COC(=O)C1CCN(c2cccc(Br)c2)CC1. The van der Waals surface area contributed by atoms with Crippen LogP contribution in [0.1, 0.15) is 20.3 Å². The molecule has 0 spiro atoms. The van der Waals surface area contributed by atoms with Gasteiger partial charge in [0.15, 0.2) is 0 Å². The Labute approximate surface area is 117 Å². The summed E-state index contributed by atoms with van der Waals surface area (Å²) in [7, 11) is 1.46. The third-order valence-corrected chi connectivity index (χ3v) is 3.70. The Balaban J connectivity index is 0.00000162. The molecule has 1 heterocycles. The number of halogens is 1. The Morgan fingerprint density at radius 3 is 2.61 bits per heavy atom. The van der Waals surface area contributed by atoms with Gasteiger partial charge in [0.05, 0.1) is 13.0 Å². The highest BCUT2D eigenvalue weighted by atomic mass is 79.9. The molecule has 2 rings (SSSR count). The average Bonchev–Trinajstić information content (AvgIpc) is 2.38. The van der Waals surface area contributed by atoms with E-state index in [4.69, 9.17) is 4.74 Å². The lowest BCUT2D eigenvalue weighted by atomic mass is 9.96. The van der Waals surface area contributed by atoms with Gasteiger partial charge in [0.2, 0.25) is 0 Å². The molecule has 1 saturated heterocycles. The summed E-state index contributed by atoms with van der Waals surface area (Å²) in [6.45, 7) is 1.83. The number of anilines is 1. The first-order chi connectivity index (χ1) is 8.20. The summed E-state index contributed by atoms with van der Waals surface area (Å²) >= 11 is 3.47. The number of methoxy groups -OCH3 is 1. The monoisotopic (exact) mass is 313 g/mol. The molecular weight excluding hydrogens is 294 g/mol. The molecule has 0 bridgehead atoms. The van der Waals surface area contributed by atoms with Gasteiger partial charge in [-0.1, -0.05) is 29.4 Å². The van der Waals surface area contributed by atoms with Crippen LogP contribution in [0, 0.1) is 5.92 Å². The number of nitrogens with zero attached hydrogens (tertiary/aromatic N) is 1. The van der Waals surface area contributed by atoms with Crippen molar-refractivity contribution in [3.8, 4) is 0 Å². The minimum Gasteiger partial charge on any atom is -0.469 e. The number of hydrogen-bond acceptors (Lipinski definition) is 3. The maximum Gasteiger partial charge on any atom is 0.308 e. The van der Waals surface area contributed by atoms with Crippen molar-refractivity contribution in [1.82, 2.24) is 0 Å². The second kappa shape index (κ2) is 6.78. The number of rotatable bonds is 2. The average molecular weight is 314 g/mol. The topological polar surface area (TPSA) is 29.5 Å². The Morgan fingerprint density at radius 2 is 2.06 bits per heavy atom. The normalized spacial score (nSPS) is 16.0. The van der Waals surface area contributed by atoms with Gasteiger partial charge in [0.1, 0.15) is 0 Å². The second-order valence-electron chi connectivity index (χ2n) is 4.26. The van der Waals surface area contributed by atoms with Crippen LogP contribution in [0.2, 0.25) is 0 Å². The number of ether oxygens (including phenoxy) is 1. The zero-order chi connectivity index (χ0) is 12.3. The fourth-order valence-corrected chi connectivity index (χ4v) is 2.60. The first-order valence-electron chi connectivity index (χ1n) is 5.79. The van der Waals surface area contributed by atoms with Gasteiger partial charge in [-0.3, -0.25) is 4.79 Å². The number of benzene rings is 1. The first-order valence-corrected chi connectivity index (χ1v) is 6.58. The van der Waals surface area contributed by atoms with Crippen molar-refractivity contribution >= 4 is 27.6 Å². The Hall–Kier alpha value is -1.03. The Kier molecular flexibility index (Phi) is 5.66. The standard InChI is InChI=1S/C13H16BrNO2.CH4/c1-17-13(16)10-5-7-15(8-6-10)12-4-2-3-11(14)9-12;/h2-4,9-10H,5-8H2,1H3;1H4. The molecule has 0 N–H and O–H groups in total. The molecule has 0 aliphatic carbocycles. The summed E-state index contributed by atoms with van der Waals surface area (Å²) in [6, 6.07) is 8.26. The number of esters is 1. The maximum absolute atomic E-state index is 11.4. The van der Waals surface area contributed by atoms with E-state index in [-0.39, 0.29) is 19.3 Å². The van der Waals surface area contributed by atoms with Gasteiger partial charge in [-0.25, -0.2) is 0 Å². The van der Waals surface area contributed by atoms with Crippen LogP contribution in [-0.2, 0) is 9.53 Å². The van der Waals surface area contributed by atoms with Crippen LogP contribution in [0.5, 0.6) is 0 Å². The number of hydrogen-bond donors (Lipinski definition) is 0. The van der Waals surface area contributed by atoms with Crippen molar-refractivity contribution in [3.63, 3.8) is 0 Å². The van der Waals surface area contributed by atoms with Gasteiger partial charge in [0, 0.05) is 23.2 Å². The number of carbonyl (C=O) groups is 1. The Bertz CT molecular complexity index is 401. The minimum absolute atomic E-state index is 0. The minimum atomic E-state index is -0.0705. The summed E-state index contributed by atoms with van der Waals surface area (Å²) in [6.07, 6.45) is 1.75. The van der Waals surface area contributed by atoms with Gasteiger partial charge < -0.3 is 9.64 Å². The largest absolute Gasteiger partial charge is 0.469 e. The van der Waals surface area contributed by atoms with Crippen molar-refractivity contribution in [2.75, 3.05) is 25.1 Å². The quantitative estimate of drug-likeness (QED) is 0.783. The zero-order valence-electron chi connectivity index (χ0n) is 9.86. The van der Waals surface area contributed by atoms with Gasteiger partial charge in [0.25, 0.3) is 0 Å². The number of carbonyl (C=O) groups excluding carboxylic acids is 1. The molecule has 1 aliphatic heterocycles. The fraction of sp³-hybridized carbons (Fsp3) is 0.500. The van der Waals surface area contributed by atoms with Crippen LogP contribution in [-0.4, -0.2) is 26.2 Å². The predicted molar refractivity (Wildman–Crippen MR) is 77.8 cm³/mol. The molecule has 100 valence electrons. The summed E-state index contributed by atoms with van der Waals surface area (Å²) < 4.78 is 5.87. The molecular formula is C14H20BrNO2. The molecule has 0 amide bonds. The van der Waals surface area contributed by atoms with Crippen LogP contribution >= 0.6 is 15.9 Å². The van der Waals surface area contributed by atoms with E-state index < -0.39 is 0 Å². The summed E-state index contributed by atoms with van der Waals surface area (Å²) in [5, 5.41) is 0. The fourth-order valence-electron chi connectivity index (χ4n) is 2.21. The van der Waals surface area contributed by atoms with E-state index in [1.165, 1.54) is 12.8 Å². The molecule has 1 aromatic rings. The summed E-state index contributed by atoms with van der Waals surface area (Å²) in [5.74, 6) is 0.00213. The third kappa shape index (κ3) is 3.48. The van der Waals surface area contributed by atoms with Gasteiger partial charge in [-0.15, -0.1) is 0 Å². The van der Waals surface area contributed by atoms with Crippen molar-refractivity contribution < 1.29 is 9.53 Å². The van der Waals surface area contributed by atoms with Gasteiger partial charge in [-0.05, 0) is 31.0 Å². The molecule has 4 heteroatoms. The van der Waals surface area contributed by atoms with Crippen molar-refractivity contribution in [2.24, 2.45) is 5.92 Å². The smallest absolute Gasteiger partial charge is 0.308 e. The zero-order valence-corrected chi connectivity index (χ0v) is 11.4. The van der Waals surface area contributed by atoms with Crippen molar-refractivity contribution in [2.45, 2.75) is 20.3 Å². The van der Waals surface area contributed by atoms with Crippen molar-refractivity contribution in [1.29, 1.82) is 0 Å². The third-order valence-electron chi connectivity index (χ3n) is 3.20. The van der Waals surface area contributed by atoms with Crippen LogP contribution in [0.25, 0.3) is 0 Å². The molecule has 0 radical (unpaired) electrons. The van der Waals surface area contributed by atoms with Crippen LogP contribution in [0.3, 0.4) is 0 Å². The predicted octanol–water partition coefficient (Wildman–Crippen LogP) is 3.47. The highest BCUT2D eigenvalue weighted by Crippen LogP contribution is 2.25. The molecule has 0 atom stereocenters. The van der Waals surface area contributed by atoms with E-state index in [0.717, 1.165) is 30.4 Å². The molecule has 0 saturated carbocycles. The lowest BCUT2D eigenvalue weighted by Gasteiger charge is -2.32. The lowest BCUT2D eigenvalue weighted by Crippen LogP contribution is -2.36. The van der Waals surface area contributed by atoms with E-state index in [9.17, 15) is 4.79 Å². The maximum atomic E-state index is 11.4. The van der Waals surface area contributed by atoms with Crippen molar-refractivity contribution in [3.05, 3.63) is 28.7 Å². The Morgan fingerprint density at radius 1 is 1.39 bits per heavy atom.